The van der Waals surface area contributed by atoms with Crippen LogP contribution in [-0.4, -0.2) is 47.5 Å². The zero-order valence-corrected chi connectivity index (χ0v) is 11.3. The van der Waals surface area contributed by atoms with E-state index in [1.54, 1.807) is 17.3 Å². The lowest BCUT2D eigenvalue weighted by Gasteiger charge is -2.27. The molecule has 5 nitrogen and oxygen atoms in total. The number of aromatic nitrogens is 2. The van der Waals surface area contributed by atoms with Crippen molar-refractivity contribution in [2.75, 3.05) is 26.7 Å². The Morgan fingerprint density at radius 1 is 1.56 bits per heavy atom. The number of carbonyl (C=O) groups is 1. The number of halogens is 1. The van der Waals surface area contributed by atoms with Crippen LogP contribution in [0.25, 0.3) is 0 Å². The highest BCUT2D eigenvalue weighted by Gasteiger charge is 2.19. The minimum Gasteiger partial charge on any atom is -0.340 e. The molecular formula is C12H19ClN4O. The summed E-state index contributed by atoms with van der Waals surface area (Å²) in [5, 5.41) is 3.35. The van der Waals surface area contributed by atoms with Gasteiger partial charge in [0.1, 0.15) is 5.69 Å². The van der Waals surface area contributed by atoms with Crippen LogP contribution in [0.1, 0.15) is 23.3 Å². The topological polar surface area (TPSA) is 58.1 Å². The smallest absolute Gasteiger partial charge is 0.273 e. The molecule has 100 valence electrons. The summed E-state index contributed by atoms with van der Waals surface area (Å²) in [7, 11) is 1.83. The molecule has 0 aromatic carbocycles. The van der Waals surface area contributed by atoms with Crippen LogP contribution in [0.15, 0.2) is 18.6 Å². The standard InChI is InChI=1S/C12H18N4O.ClH/c1-16(9-10-3-2-4-13-7-10)12(17)11-8-14-5-6-15-11;/h5-6,8,10,13H,2-4,7,9H2,1H3;1H. The van der Waals surface area contributed by atoms with Crippen LogP contribution >= 0.6 is 12.4 Å². The average Bonchev–Trinajstić information content (AvgIpc) is 2.40. The highest BCUT2D eigenvalue weighted by molar-refractivity contribution is 5.91. The van der Waals surface area contributed by atoms with Crippen molar-refractivity contribution in [3.63, 3.8) is 0 Å². The Bertz CT molecular complexity index is 368. The average molecular weight is 271 g/mol. The van der Waals surface area contributed by atoms with E-state index in [1.807, 2.05) is 7.05 Å². The van der Waals surface area contributed by atoms with Gasteiger partial charge in [0, 0.05) is 26.0 Å². The number of nitrogens with zero attached hydrogens (tertiary/aromatic N) is 3. The summed E-state index contributed by atoms with van der Waals surface area (Å²) in [5.74, 6) is 0.498. The summed E-state index contributed by atoms with van der Waals surface area (Å²) in [4.78, 5) is 21.7. The van der Waals surface area contributed by atoms with Crippen molar-refractivity contribution < 1.29 is 4.79 Å². The third-order valence-corrected chi connectivity index (χ3v) is 3.06. The van der Waals surface area contributed by atoms with Gasteiger partial charge in [-0.15, -0.1) is 12.4 Å². The second-order valence-electron chi connectivity index (χ2n) is 4.49. The van der Waals surface area contributed by atoms with E-state index >= 15 is 0 Å². The fourth-order valence-corrected chi connectivity index (χ4v) is 2.16. The quantitative estimate of drug-likeness (QED) is 0.889. The van der Waals surface area contributed by atoms with E-state index in [9.17, 15) is 4.79 Å². The highest BCUT2D eigenvalue weighted by atomic mass is 35.5. The molecule has 0 radical (unpaired) electrons. The molecule has 1 amide bonds. The van der Waals surface area contributed by atoms with Crippen molar-refractivity contribution >= 4 is 18.3 Å². The predicted molar refractivity (Wildman–Crippen MR) is 71.8 cm³/mol. The van der Waals surface area contributed by atoms with Gasteiger partial charge in [0.25, 0.3) is 5.91 Å². The summed E-state index contributed by atoms with van der Waals surface area (Å²) < 4.78 is 0. The molecule has 0 saturated carbocycles. The molecule has 1 atom stereocenters. The van der Waals surface area contributed by atoms with Gasteiger partial charge in [0.15, 0.2) is 0 Å². The van der Waals surface area contributed by atoms with Crippen LogP contribution < -0.4 is 5.32 Å². The SMILES string of the molecule is CN(CC1CCCNC1)C(=O)c1cnccn1.Cl. The first-order chi connectivity index (χ1) is 8.27. The summed E-state index contributed by atoms with van der Waals surface area (Å²) >= 11 is 0. The molecule has 2 heterocycles. The maximum absolute atomic E-state index is 12.0. The fourth-order valence-electron chi connectivity index (χ4n) is 2.16. The zero-order valence-electron chi connectivity index (χ0n) is 10.5. The first kappa shape index (κ1) is 14.9. The van der Waals surface area contributed by atoms with Crippen LogP contribution in [0, 0.1) is 5.92 Å². The van der Waals surface area contributed by atoms with E-state index < -0.39 is 0 Å². The molecule has 1 N–H and O–H groups in total. The molecule has 18 heavy (non-hydrogen) atoms. The van der Waals surface area contributed by atoms with Gasteiger partial charge >= 0.3 is 0 Å². The summed E-state index contributed by atoms with van der Waals surface area (Å²) in [6, 6.07) is 0. The normalized spacial score (nSPS) is 18.8. The molecule has 1 aliphatic heterocycles. The first-order valence-corrected chi connectivity index (χ1v) is 5.99. The first-order valence-electron chi connectivity index (χ1n) is 5.99. The number of nitrogens with one attached hydrogen (secondary N) is 1. The lowest BCUT2D eigenvalue weighted by molar-refractivity contribution is 0.0758. The molecule has 2 rings (SSSR count). The largest absolute Gasteiger partial charge is 0.340 e. The number of piperidine rings is 1. The molecule has 1 fully saturated rings. The molecule has 1 unspecified atom stereocenters. The summed E-state index contributed by atoms with van der Waals surface area (Å²) in [6.07, 6.45) is 7.01. The Morgan fingerprint density at radius 2 is 2.39 bits per heavy atom. The molecule has 1 aliphatic rings. The Kier molecular flexibility index (Phi) is 6.01. The second kappa shape index (κ2) is 7.28. The van der Waals surface area contributed by atoms with Gasteiger partial charge in [-0.2, -0.15) is 0 Å². The van der Waals surface area contributed by atoms with Gasteiger partial charge in [-0.1, -0.05) is 0 Å². The van der Waals surface area contributed by atoms with Crippen LogP contribution in [0.2, 0.25) is 0 Å². The third kappa shape index (κ3) is 3.92. The molecule has 1 aromatic heterocycles. The number of hydrogen-bond donors (Lipinski definition) is 1. The van der Waals surface area contributed by atoms with Crippen LogP contribution in [0.5, 0.6) is 0 Å². The van der Waals surface area contributed by atoms with E-state index in [0.717, 1.165) is 19.6 Å². The molecule has 1 aromatic rings. The Labute approximate surface area is 113 Å². The van der Waals surface area contributed by atoms with Gasteiger partial charge in [-0.05, 0) is 31.8 Å². The van der Waals surface area contributed by atoms with Crippen molar-refractivity contribution in [2.45, 2.75) is 12.8 Å². The van der Waals surface area contributed by atoms with Crippen LogP contribution in [-0.2, 0) is 0 Å². The van der Waals surface area contributed by atoms with Crippen molar-refractivity contribution in [2.24, 2.45) is 5.92 Å². The third-order valence-electron chi connectivity index (χ3n) is 3.06. The monoisotopic (exact) mass is 270 g/mol. The Hall–Kier alpha value is -1.20. The van der Waals surface area contributed by atoms with Gasteiger partial charge in [-0.25, -0.2) is 4.98 Å². The molecule has 0 spiro atoms. The van der Waals surface area contributed by atoms with E-state index in [0.29, 0.717) is 11.6 Å². The van der Waals surface area contributed by atoms with Gasteiger partial charge in [-0.3, -0.25) is 9.78 Å². The van der Waals surface area contributed by atoms with Crippen molar-refractivity contribution in [1.82, 2.24) is 20.2 Å². The van der Waals surface area contributed by atoms with Gasteiger partial charge in [0.05, 0.1) is 6.20 Å². The van der Waals surface area contributed by atoms with Crippen LogP contribution in [0.3, 0.4) is 0 Å². The minimum atomic E-state index is -0.0522. The lowest BCUT2D eigenvalue weighted by Crippen LogP contribution is -2.39. The summed E-state index contributed by atoms with van der Waals surface area (Å²) in [5.41, 5.74) is 0.416. The number of carbonyl (C=O) groups excluding carboxylic acids is 1. The van der Waals surface area contributed by atoms with E-state index in [2.05, 4.69) is 15.3 Å². The van der Waals surface area contributed by atoms with Crippen LogP contribution in [0.4, 0.5) is 0 Å². The molecule has 6 heteroatoms. The second-order valence-corrected chi connectivity index (χ2v) is 4.49. The zero-order chi connectivity index (χ0) is 12.1. The Morgan fingerprint density at radius 3 is 3.00 bits per heavy atom. The molecule has 1 saturated heterocycles. The molecule has 0 bridgehead atoms. The lowest BCUT2D eigenvalue weighted by atomic mass is 9.99. The summed E-state index contributed by atoms with van der Waals surface area (Å²) in [6.45, 7) is 2.87. The molecule has 0 aliphatic carbocycles. The Balaban J connectivity index is 0.00000162. The maximum atomic E-state index is 12.0. The van der Waals surface area contributed by atoms with Crippen molar-refractivity contribution in [1.29, 1.82) is 0 Å². The fraction of sp³-hybridized carbons (Fsp3) is 0.583. The highest BCUT2D eigenvalue weighted by Crippen LogP contribution is 2.12. The predicted octanol–water partition coefficient (Wildman–Crippen LogP) is 0.970. The van der Waals surface area contributed by atoms with E-state index in [1.165, 1.54) is 19.0 Å². The minimum absolute atomic E-state index is 0. The van der Waals surface area contributed by atoms with Crippen molar-refractivity contribution in [3.8, 4) is 0 Å². The van der Waals surface area contributed by atoms with Crippen molar-refractivity contribution in [3.05, 3.63) is 24.3 Å². The number of hydrogen-bond acceptors (Lipinski definition) is 4. The molecular weight excluding hydrogens is 252 g/mol. The number of amides is 1. The number of rotatable bonds is 3. The van der Waals surface area contributed by atoms with Gasteiger partial charge in [0.2, 0.25) is 0 Å². The van der Waals surface area contributed by atoms with Gasteiger partial charge < -0.3 is 10.2 Å². The van der Waals surface area contributed by atoms with E-state index in [4.69, 9.17) is 0 Å². The maximum Gasteiger partial charge on any atom is 0.273 e. The van der Waals surface area contributed by atoms with E-state index in [-0.39, 0.29) is 18.3 Å².